The van der Waals surface area contributed by atoms with Crippen molar-refractivity contribution in [3.8, 4) is 5.97 Å². The van der Waals surface area contributed by atoms with Crippen molar-refractivity contribution in [3.63, 3.8) is 0 Å². The molecule has 0 aliphatic heterocycles. The molecule has 0 unspecified atom stereocenters. The molecule has 0 aliphatic carbocycles. The Morgan fingerprint density at radius 1 is 1.33 bits per heavy atom. The Kier molecular flexibility index (Phi) is 4.06. The van der Waals surface area contributed by atoms with Crippen molar-refractivity contribution in [2.75, 3.05) is 13.3 Å². The van der Waals surface area contributed by atoms with Gasteiger partial charge in [-0.2, -0.15) is 0 Å². The minimum absolute atomic E-state index is 1.01. The van der Waals surface area contributed by atoms with Gasteiger partial charge in [0.05, 0.1) is 0 Å². The summed E-state index contributed by atoms with van der Waals surface area (Å²) in [7, 11) is -2.62. The first kappa shape index (κ1) is 11.6. The van der Waals surface area contributed by atoms with E-state index in [9.17, 15) is 0 Å². The standard InChI is InChI=1S/C2H9O3P.CH2BN/c1-6(2,3,4)5;2-1-3/h3-5H,1-2H3;2H2. The monoisotopic (exact) mass is 151 g/mol. The van der Waals surface area contributed by atoms with Gasteiger partial charge in [0.15, 0.2) is 0 Å². The number of hydrogen-bond donors (Lipinski definition) is 3. The normalized spacial score (nSPS) is 13.6. The second-order valence-electron chi connectivity index (χ2n) is 2.14. The molecular weight excluding hydrogens is 140 g/mol. The quantitative estimate of drug-likeness (QED) is 0.294. The summed E-state index contributed by atoms with van der Waals surface area (Å²) >= 11 is 0. The summed E-state index contributed by atoms with van der Waals surface area (Å²) in [4.78, 5) is 24.7. The van der Waals surface area contributed by atoms with Crippen LogP contribution in [-0.4, -0.2) is 35.9 Å². The molecule has 0 saturated heterocycles. The molecule has 0 aromatic rings. The number of rotatable bonds is 0. The number of hydrogen-bond acceptors (Lipinski definition) is 4. The Morgan fingerprint density at radius 2 is 1.33 bits per heavy atom. The van der Waals surface area contributed by atoms with Crippen molar-refractivity contribution in [3.05, 3.63) is 0 Å². The second-order valence-corrected chi connectivity index (χ2v) is 5.97. The molecule has 0 aromatic carbocycles. The van der Waals surface area contributed by atoms with E-state index in [0.29, 0.717) is 0 Å². The molecule has 0 spiro atoms. The average Bonchev–Trinajstić information content (AvgIpc) is 1.23. The first-order valence-electron chi connectivity index (χ1n) is 2.22. The van der Waals surface area contributed by atoms with Crippen LogP contribution in [0.15, 0.2) is 0 Å². The summed E-state index contributed by atoms with van der Waals surface area (Å²) in [6.45, 7) is 2.01. The van der Waals surface area contributed by atoms with Crippen molar-refractivity contribution in [1.82, 2.24) is 0 Å². The number of nitrogens with zero attached hydrogens (tertiary/aromatic N) is 1. The molecule has 0 atom stereocenters. The van der Waals surface area contributed by atoms with Gasteiger partial charge in [0.2, 0.25) is 7.85 Å². The topological polar surface area (TPSA) is 84.5 Å². The van der Waals surface area contributed by atoms with Crippen LogP contribution in [0.1, 0.15) is 0 Å². The third-order valence-electron chi connectivity index (χ3n) is 0. The summed E-state index contributed by atoms with van der Waals surface area (Å²) in [5, 5.41) is 7.32. The van der Waals surface area contributed by atoms with Gasteiger partial charge in [-0.15, -0.1) is 0 Å². The Labute approximate surface area is 55.3 Å². The van der Waals surface area contributed by atoms with Crippen LogP contribution in [0.2, 0.25) is 0 Å². The fourth-order valence-corrected chi connectivity index (χ4v) is 0. The van der Waals surface area contributed by atoms with Crippen molar-refractivity contribution >= 4 is 15.1 Å². The molecule has 0 radical (unpaired) electrons. The fraction of sp³-hybridized carbons (Fsp3) is 0.667. The molecule has 9 heavy (non-hydrogen) atoms. The predicted octanol–water partition coefficient (Wildman–Crippen LogP) is -1.38. The van der Waals surface area contributed by atoms with Crippen molar-refractivity contribution in [2.24, 2.45) is 0 Å². The summed E-state index contributed by atoms with van der Waals surface area (Å²) in [6.07, 6.45) is 0. The third kappa shape index (κ3) is 14800. The molecule has 0 aliphatic rings. The van der Waals surface area contributed by atoms with Gasteiger partial charge < -0.3 is 0 Å². The summed E-state index contributed by atoms with van der Waals surface area (Å²) in [5.74, 6) is 1.75. The van der Waals surface area contributed by atoms with Gasteiger partial charge >= 0.3 is 35.3 Å². The van der Waals surface area contributed by atoms with E-state index in [1.54, 1.807) is 5.97 Å². The molecule has 6 heteroatoms. The molecular formula is C3H11BNO3P. The van der Waals surface area contributed by atoms with Crippen LogP contribution in [0.3, 0.4) is 0 Å². The summed E-state index contributed by atoms with van der Waals surface area (Å²) in [5.41, 5.74) is 0. The van der Waals surface area contributed by atoms with Gasteiger partial charge in [0.25, 0.3) is 0 Å². The van der Waals surface area contributed by atoms with E-state index in [1.807, 2.05) is 0 Å². The Balaban J connectivity index is 0. The van der Waals surface area contributed by atoms with E-state index < -0.39 is 7.28 Å². The van der Waals surface area contributed by atoms with E-state index in [1.165, 1.54) is 7.85 Å². The summed E-state index contributed by atoms with van der Waals surface area (Å²) in [6, 6.07) is 0. The Bertz CT molecular complexity index is 104. The molecule has 54 valence electrons. The van der Waals surface area contributed by atoms with Crippen LogP contribution in [0.25, 0.3) is 0 Å². The molecule has 0 bridgehead atoms. The fourth-order valence-electron chi connectivity index (χ4n) is 0. The van der Waals surface area contributed by atoms with Crippen LogP contribution >= 0.6 is 7.28 Å². The minimum atomic E-state index is -4.05. The maximum absolute atomic E-state index is 8.23. The molecule has 3 N–H and O–H groups in total. The number of nitriles is 1. The van der Waals surface area contributed by atoms with Crippen molar-refractivity contribution in [2.45, 2.75) is 0 Å². The molecule has 0 rings (SSSR count). The van der Waals surface area contributed by atoms with Crippen LogP contribution in [0, 0.1) is 11.2 Å². The van der Waals surface area contributed by atoms with Gasteiger partial charge in [-0.25, -0.2) is 5.26 Å². The van der Waals surface area contributed by atoms with Crippen LogP contribution in [-0.2, 0) is 0 Å². The molecule has 0 heterocycles. The summed E-state index contributed by atoms with van der Waals surface area (Å²) < 4.78 is 0. The zero-order valence-electron chi connectivity index (χ0n) is 5.74. The van der Waals surface area contributed by atoms with Gasteiger partial charge in [0, 0.05) is 0 Å². The maximum atomic E-state index is 8.23. The Morgan fingerprint density at radius 3 is 1.33 bits per heavy atom. The van der Waals surface area contributed by atoms with Crippen LogP contribution < -0.4 is 0 Å². The zero-order chi connectivity index (χ0) is 8.15. The van der Waals surface area contributed by atoms with Crippen LogP contribution in [0.4, 0.5) is 0 Å². The molecule has 0 aromatic heterocycles. The predicted molar refractivity (Wildman–Crippen MR) is 39.6 cm³/mol. The van der Waals surface area contributed by atoms with E-state index in [4.69, 9.17) is 19.9 Å². The zero-order valence-corrected chi connectivity index (χ0v) is 6.63. The second kappa shape index (κ2) is 3.14. The van der Waals surface area contributed by atoms with Gasteiger partial charge in [-0.1, -0.05) is 0 Å². The SMILES string of the molecule is BC#N.CP(C)(O)(O)O. The van der Waals surface area contributed by atoms with Gasteiger partial charge in [-0.3, -0.25) is 0 Å². The van der Waals surface area contributed by atoms with Gasteiger partial charge in [-0.05, 0) is 5.97 Å². The Hall–Kier alpha value is -0.135. The van der Waals surface area contributed by atoms with Crippen molar-refractivity contribution < 1.29 is 14.7 Å². The van der Waals surface area contributed by atoms with Gasteiger partial charge in [0.1, 0.15) is 0 Å². The van der Waals surface area contributed by atoms with Crippen LogP contribution in [0.5, 0.6) is 0 Å². The first-order chi connectivity index (χ1) is 3.65. The van der Waals surface area contributed by atoms with E-state index >= 15 is 0 Å². The third-order valence-corrected chi connectivity index (χ3v) is 0. The molecule has 0 amide bonds. The van der Waals surface area contributed by atoms with E-state index in [2.05, 4.69) is 0 Å². The van der Waals surface area contributed by atoms with E-state index in [0.717, 1.165) is 13.3 Å². The van der Waals surface area contributed by atoms with E-state index in [-0.39, 0.29) is 0 Å². The molecule has 0 fully saturated rings. The van der Waals surface area contributed by atoms with Crippen molar-refractivity contribution in [1.29, 1.82) is 5.26 Å². The molecule has 4 nitrogen and oxygen atoms in total. The first-order valence-corrected chi connectivity index (χ1v) is 5.21. The molecule has 0 saturated carbocycles. The average molecular weight is 151 g/mol.